The number of rotatable bonds is 5. The number of nitro benzene ring substituents is 2. The van der Waals surface area contributed by atoms with E-state index >= 15 is 0 Å². The van der Waals surface area contributed by atoms with Gasteiger partial charge in [-0.1, -0.05) is 6.08 Å². The van der Waals surface area contributed by atoms with E-state index in [-0.39, 0.29) is 22.5 Å². The number of allylic oxidation sites excluding steroid dienone is 2. The fourth-order valence-electron chi connectivity index (χ4n) is 2.55. The van der Waals surface area contributed by atoms with Crippen LogP contribution >= 0.6 is 0 Å². The summed E-state index contributed by atoms with van der Waals surface area (Å²) in [5, 5.41) is 22.7. The summed E-state index contributed by atoms with van der Waals surface area (Å²) in [6.45, 7) is 1.25. The normalized spacial score (nSPS) is 13.2. The van der Waals surface area contributed by atoms with Crippen LogP contribution in [0, 0.1) is 27.2 Å². The second-order valence-corrected chi connectivity index (χ2v) is 5.44. The quantitative estimate of drug-likeness (QED) is 0.421. The Morgan fingerprint density at radius 3 is 1.96 bits per heavy atom. The minimum Gasteiger partial charge on any atom is -0.465 e. The van der Waals surface area contributed by atoms with E-state index in [0.717, 1.165) is 31.3 Å². The van der Waals surface area contributed by atoms with Gasteiger partial charge in [0.1, 0.15) is 11.3 Å². The Hall–Kier alpha value is -4.02. The molecule has 0 unspecified atom stereocenters. The van der Waals surface area contributed by atoms with Crippen LogP contribution in [0.5, 0.6) is 0 Å². The van der Waals surface area contributed by atoms with Crippen LogP contribution in [0.2, 0.25) is 0 Å². The van der Waals surface area contributed by atoms with Crippen LogP contribution in [0.3, 0.4) is 0 Å². The van der Waals surface area contributed by atoms with E-state index in [9.17, 15) is 29.8 Å². The number of hydrogen-bond acceptors (Lipinski definition) is 9. The lowest BCUT2D eigenvalue weighted by molar-refractivity contribution is -0.395. The van der Waals surface area contributed by atoms with Gasteiger partial charge < -0.3 is 14.4 Å². The molecule has 0 bridgehead atoms. The number of carbonyl (C=O) groups excluding carboxylic acids is 2. The Bertz CT molecular complexity index is 926. The summed E-state index contributed by atoms with van der Waals surface area (Å²) in [5.41, 5.74) is -1.76. The third kappa shape index (κ3) is 3.72. The molecule has 1 aliphatic heterocycles. The molecule has 1 aromatic carbocycles. The maximum Gasteiger partial charge on any atom is 0.355 e. The second-order valence-electron chi connectivity index (χ2n) is 5.44. The Kier molecular flexibility index (Phi) is 5.88. The van der Waals surface area contributed by atoms with Gasteiger partial charge in [-0.2, -0.15) is 0 Å². The van der Waals surface area contributed by atoms with Crippen LogP contribution in [0.4, 0.5) is 17.1 Å². The Morgan fingerprint density at radius 2 is 1.50 bits per heavy atom. The highest BCUT2D eigenvalue weighted by Gasteiger charge is 2.31. The fraction of sp³-hybridized carbons (Fsp3) is 0.176. The van der Waals surface area contributed by atoms with Gasteiger partial charge in [0, 0.05) is 18.3 Å². The summed E-state index contributed by atoms with van der Waals surface area (Å²) in [6.07, 6.45) is 5.49. The van der Waals surface area contributed by atoms with Crippen LogP contribution in [0.25, 0.3) is 0 Å². The van der Waals surface area contributed by atoms with Gasteiger partial charge in [-0.05, 0) is 19.1 Å². The number of nitro groups is 2. The van der Waals surface area contributed by atoms with Crippen LogP contribution in [0.1, 0.15) is 5.56 Å². The highest BCUT2D eigenvalue weighted by atomic mass is 16.6. The van der Waals surface area contributed by atoms with Gasteiger partial charge in [-0.25, -0.2) is 9.59 Å². The summed E-state index contributed by atoms with van der Waals surface area (Å²) < 4.78 is 9.39. The third-order valence-corrected chi connectivity index (χ3v) is 3.90. The van der Waals surface area contributed by atoms with Gasteiger partial charge in [-0.3, -0.25) is 20.2 Å². The van der Waals surface area contributed by atoms with Crippen LogP contribution in [-0.4, -0.2) is 36.0 Å². The molecule has 0 saturated heterocycles. The number of hydrogen-bond donors (Lipinski definition) is 0. The predicted molar refractivity (Wildman–Crippen MR) is 96.3 cm³/mol. The second kappa shape index (κ2) is 8.12. The molecule has 28 heavy (non-hydrogen) atoms. The van der Waals surface area contributed by atoms with E-state index in [0.29, 0.717) is 0 Å². The van der Waals surface area contributed by atoms with Gasteiger partial charge in [-0.15, -0.1) is 0 Å². The van der Waals surface area contributed by atoms with Crippen molar-refractivity contribution in [3.8, 4) is 0 Å². The van der Waals surface area contributed by atoms with Crippen molar-refractivity contribution in [2.45, 2.75) is 6.92 Å². The van der Waals surface area contributed by atoms with Crippen molar-refractivity contribution in [1.82, 2.24) is 0 Å². The number of carbonyl (C=O) groups is 2. The van der Waals surface area contributed by atoms with Crippen molar-refractivity contribution in [1.29, 1.82) is 0 Å². The van der Waals surface area contributed by atoms with Gasteiger partial charge in [0.05, 0.1) is 35.3 Å². The smallest absolute Gasteiger partial charge is 0.355 e. The van der Waals surface area contributed by atoms with Crippen molar-refractivity contribution < 1.29 is 28.9 Å². The first-order valence-corrected chi connectivity index (χ1v) is 7.71. The van der Waals surface area contributed by atoms with Crippen molar-refractivity contribution in [2.75, 3.05) is 19.1 Å². The zero-order valence-corrected chi connectivity index (χ0v) is 15.1. The molecule has 0 spiro atoms. The Balaban J connectivity index is 2.83. The van der Waals surface area contributed by atoms with E-state index in [2.05, 4.69) is 4.74 Å². The molecule has 1 aliphatic rings. The molecule has 0 saturated carbocycles. The van der Waals surface area contributed by atoms with Crippen molar-refractivity contribution in [3.05, 3.63) is 73.6 Å². The minimum atomic E-state index is -0.942. The van der Waals surface area contributed by atoms with E-state index in [4.69, 9.17) is 4.74 Å². The first-order valence-electron chi connectivity index (χ1n) is 7.71. The number of ether oxygens (including phenoxy) is 2. The number of benzene rings is 1. The number of methoxy groups -OCH3 is 2. The fourth-order valence-corrected chi connectivity index (χ4v) is 2.55. The summed E-state index contributed by atoms with van der Waals surface area (Å²) in [4.78, 5) is 46.7. The SMILES string of the molecule is COC(=O)C1=C(C(=O)OC)N(c2cc([N+](=O)[O-])c(C)c([N+](=O)[O-])c2)C=CC=C1. The lowest BCUT2D eigenvalue weighted by atomic mass is 10.1. The van der Waals surface area contributed by atoms with Crippen LogP contribution in [0.15, 0.2) is 47.8 Å². The molecule has 1 aromatic rings. The molecule has 1 heterocycles. The molecule has 11 heteroatoms. The van der Waals surface area contributed by atoms with Crippen molar-refractivity contribution >= 4 is 29.0 Å². The standard InChI is InChI=1S/C17H15N3O8/c1-10-13(19(23)24)8-11(9-14(10)20(25)26)18-7-5-4-6-12(16(21)27-2)15(18)17(22)28-3/h4-9H,1-3H3. The molecule has 0 amide bonds. The molecule has 2 rings (SSSR count). The average molecular weight is 389 g/mol. The molecular weight excluding hydrogens is 374 g/mol. The average Bonchev–Trinajstić information content (AvgIpc) is 2.89. The zero-order valence-electron chi connectivity index (χ0n) is 15.1. The number of anilines is 1. The number of esters is 2. The van der Waals surface area contributed by atoms with Gasteiger partial charge in [0.15, 0.2) is 0 Å². The lowest BCUT2D eigenvalue weighted by Gasteiger charge is -2.23. The molecule has 11 nitrogen and oxygen atoms in total. The van der Waals surface area contributed by atoms with E-state index in [1.807, 2.05) is 0 Å². The summed E-state index contributed by atoms with van der Waals surface area (Å²) in [6, 6.07) is 2.13. The highest BCUT2D eigenvalue weighted by molar-refractivity contribution is 6.05. The van der Waals surface area contributed by atoms with Gasteiger partial charge in [0.2, 0.25) is 0 Å². The van der Waals surface area contributed by atoms with E-state index in [1.165, 1.54) is 31.4 Å². The van der Waals surface area contributed by atoms with Gasteiger partial charge >= 0.3 is 11.9 Å². The van der Waals surface area contributed by atoms with Gasteiger partial charge in [0.25, 0.3) is 11.4 Å². The molecule has 0 N–H and O–H groups in total. The summed E-state index contributed by atoms with van der Waals surface area (Å²) in [5.74, 6) is -1.80. The molecule has 0 fully saturated rings. The monoisotopic (exact) mass is 389 g/mol. The number of nitrogens with zero attached hydrogens (tertiary/aromatic N) is 3. The van der Waals surface area contributed by atoms with Crippen molar-refractivity contribution in [3.63, 3.8) is 0 Å². The molecule has 0 radical (unpaired) electrons. The summed E-state index contributed by atoms with van der Waals surface area (Å²) >= 11 is 0. The Morgan fingerprint density at radius 1 is 0.964 bits per heavy atom. The molecule has 0 aliphatic carbocycles. The minimum absolute atomic E-state index is 0.0780. The summed E-state index contributed by atoms with van der Waals surface area (Å²) in [7, 11) is 2.20. The topological polar surface area (TPSA) is 142 Å². The van der Waals surface area contributed by atoms with Crippen LogP contribution in [-0.2, 0) is 19.1 Å². The van der Waals surface area contributed by atoms with E-state index in [1.54, 1.807) is 0 Å². The van der Waals surface area contributed by atoms with Crippen molar-refractivity contribution in [2.24, 2.45) is 0 Å². The lowest BCUT2D eigenvalue weighted by Crippen LogP contribution is -2.27. The predicted octanol–water partition coefficient (Wildman–Crippen LogP) is 2.30. The molecular formula is C17H15N3O8. The maximum atomic E-state index is 12.4. The highest BCUT2D eigenvalue weighted by Crippen LogP contribution is 2.36. The maximum absolute atomic E-state index is 12.4. The van der Waals surface area contributed by atoms with E-state index < -0.39 is 33.2 Å². The largest absolute Gasteiger partial charge is 0.465 e. The van der Waals surface area contributed by atoms with Crippen LogP contribution < -0.4 is 4.90 Å². The third-order valence-electron chi connectivity index (χ3n) is 3.90. The Labute approximate surface area is 158 Å². The first-order chi connectivity index (χ1) is 13.2. The zero-order chi connectivity index (χ0) is 21.0. The molecule has 146 valence electrons. The molecule has 0 atom stereocenters. The first kappa shape index (κ1) is 20.3. The molecule has 0 aromatic heterocycles.